The van der Waals surface area contributed by atoms with Gasteiger partial charge in [-0.15, -0.1) is 0 Å². The lowest BCUT2D eigenvalue weighted by Gasteiger charge is -2.32. The van der Waals surface area contributed by atoms with Crippen LogP contribution in [0.25, 0.3) is 0 Å². The van der Waals surface area contributed by atoms with Gasteiger partial charge in [0.05, 0.1) is 0 Å². The molecule has 0 heterocycles. The lowest BCUT2D eigenvalue weighted by atomic mass is 9.79. The molecule has 1 rings (SSSR count). The van der Waals surface area contributed by atoms with Crippen molar-refractivity contribution in [3.63, 3.8) is 0 Å². The number of hydrogen-bond donors (Lipinski definition) is 1. The van der Waals surface area contributed by atoms with Crippen LogP contribution in [0.15, 0.2) is 0 Å². The minimum atomic E-state index is 0.797. The Hall–Kier alpha value is -0.0800. The SMILES string of the molecule is CC1CCC(NCCCCN(C)C)CC1C. The highest BCUT2D eigenvalue weighted by Crippen LogP contribution is 2.29. The molecule has 0 aliphatic heterocycles. The van der Waals surface area contributed by atoms with Crippen LogP contribution in [0.3, 0.4) is 0 Å². The fraction of sp³-hybridized carbons (Fsp3) is 1.00. The van der Waals surface area contributed by atoms with Crippen LogP contribution in [-0.2, 0) is 0 Å². The Balaban J connectivity index is 2.01. The van der Waals surface area contributed by atoms with Gasteiger partial charge in [0.1, 0.15) is 0 Å². The molecule has 1 N–H and O–H groups in total. The van der Waals surface area contributed by atoms with Crippen LogP contribution in [0.4, 0.5) is 0 Å². The predicted octanol–water partition coefficient (Wildman–Crippen LogP) is 2.74. The van der Waals surface area contributed by atoms with Crippen molar-refractivity contribution in [2.24, 2.45) is 11.8 Å². The van der Waals surface area contributed by atoms with Crippen LogP contribution < -0.4 is 5.32 Å². The monoisotopic (exact) mass is 226 g/mol. The van der Waals surface area contributed by atoms with Crippen LogP contribution >= 0.6 is 0 Å². The summed E-state index contributed by atoms with van der Waals surface area (Å²) in [4.78, 5) is 2.27. The van der Waals surface area contributed by atoms with E-state index < -0.39 is 0 Å². The molecule has 1 fully saturated rings. The Kier molecular flexibility index (Phi) is 6.37. The molecule has 16 heavy (non-hydrogen) atoms. The van der Waals surface area contributed by atoms with E-state index in [0.29, 0.717) is 0 Å². The number of nitrogens with zero attached hydrogens (tertiary/aromatic N) is 1. The summed E-state index contributed by atoms with van der Waals surface area (Å²) in [6.07, 6.45) is 6.82. The summed E-state index contributed by atoms with van der Waals surface area (Å²) < 4.78 is 0. The van der Waals surface area contributed by atoms with Gasteiger partial charge < -0.3 is 10.2 Å². The first-order chi connectivity index (χ1) is 7.59. The fourth-order valence-electron chi connectivity index (χ4n) is 2.59. The molecular weight excluding hydrogens is 196 g/mol. The van der Waals surface area contributed by atoms with Crippen LogP contribution in [0, 0.1) is 11.8 Å². The smallest absolute Gasteiger partial charge is 0.00698 e. The zero-order valence-electron chi connectivity index (χ0n) is 11.6. The minimum absolute atomic E-state index is 0.797. The zero-order chi connectivity index (χ0) is 12.0. The van der Waals surface area contributed by atoms with Crippen molar-refractivity contribution >= 4 is 0 Å². The molecular formula is C14H30N2. The highest BCUT2D eigenvalue weighted by molar-refractivity contribution is 4.79. The standard InChI is InChI=1S/C14H30N2/c1-12-7-8-14(11-13(12)2)15-9-5-6-10-16(3)4/h12-15H,5-11H2,1-4H3. The van der Waals surface area contributed by atoms with Gasteiger partial charge in [0.15, 0.2) is 0 Å². The fourth-order valence-corrected chi connectivity index (χ4v) is 2.59. The topological polar surface area (TPSA) is 15.3 Å². The molecule has 1 saturated carbocycles. The summed E-state index contributed by atoms with van der Waals surface area (Å²) >= 11 is 0. The maximum Gasteiger partial charge on any atom is 0.00698 e. The first-order valence-corrected chi connectivity index (χ1v) is 6.97. The Morgan fingerprint density at radius 3 is 2.44 bits per heavy atom. The Morgan fingerprint density at radius 1 is 1.06 bits per heavy atom. The average Bonchev–Trinajstić information content (AvgIpc) is 2.22. The van der Waals surface area contributed by atoms with E-state index in [4.69, 9.17) is 0 Å². The quantitative estimate of drug-likeness (QED) is 0.701. The molecule has 0 aromatic heterocycles. The summed E-state index contributed by atoms with van der Waals surface area (Å²) in [7, 11) is 4.30. The van der Waals surface area contributed by atoms with Crippen LogP contribution in [0.5, 0.6) is 0 Å². The zero-order valence-corrected chi connectivity index (χ0v) is 11.6. The van der Waals surface area contributed by atoms with Gasteiger partial charge in [-0.3, -0.25) is 0 Å². The van der Waals surface area contributed by atoms with Gasteiger partial charge in [0.2, 0.25) is 0 Å². The van der Waals surface area contributed by atoms with Gasteiger partial charge in [-0.05, 0) is 71.1 Å². The summed E-state index contributed by atoms with van der Waals surface area (Å²) in [5.74, 6) is 1.85. The van der Waals surface area contributed by atoms with E-state index in [1.165, 1.54) is 45.2 Å². The maximum atomic E-state index is 3.73. The highest BCUT2D eigenvalue weighted by atomic mass is 15.0. The molecule has 0 aromatic carbocycles. The third kappa shape index (κ3) is 5.31. The van der Waals surface area contributed by atoms with Crippen molar-refractivity contribution in [3.05, 3.63) is 0 Å². The third-order valence-electron chi connectivity index (χ3n) is 4.06. The molecule has 1 aliphatic rings. The lowest BCUT2D eigenvalue weighted by molar-refractivity contribution is 0.225. The second kappa shape index (κ2) is 7.29. The Labute approximate surface area is 102 Å². The molecule has 2 nitrogen and oxygen atoms in total. The molecule has 0 aromatic rings. The van der Waals surface area contributed by atoms with Crippen LogP contribution in [-0.4, -0.2) is 38.1 Å². The van der Waals surface area contributed by atoms with Crippen molar-refractivity contribution in [2.45, 2.75) is 52.0 Å². The number of rotatable bonds is 6. The minimum Gasteiger partial charge on any atom is -0.314 e. The van der Waals surface area contributed by atoms with Crippen molar-refractivity contribution in [3.8, 4) is 0 Å². The van der Waals surface area contributed by atoms with E-state index in [9.17, 15) is 0 Å². The largest absolute Gasteiger partial charge is 0.314 e. The molecule has 3 atom stereocenters. The van der Waals surface area contributed by atoms with E-state index in [0.717, 1.165) is 17.9 Å². The van der Waals surface area contributed by atoms with Crippen LogP contribution in [0.2, 0.25) is 0 Å². The van der Waals surface area contributed by atoms with E-state index in [1.807, 2.05) is 0 Å². The summed E-state index contributed by atoms with van der Waals surface area (Å²) in [5, 5.41) is 3.73. The number of unbranched alkanes of at least 4 members (excludes halogenated alkanes) is 1. The maximum absolute atomic E-state index is 3.73. The summed E-state index contributed by atoms with van der Waals surface area (Å²) in [6.45, 7) is 7.24. The molecule has 1 aliphatic carbocycles. The first-order valence-electron chi connectivity index (χ1n) is 6.97. The van der Waals surface area contributed by atoms with E-state index in [-0.39, 0.29) is 0 Å². The van der Waals surface area contributed by atoms with Crippen molar-refractivity contribution < 1.29 is 0 Å². The van der Waals surface area contributed by atoms with Gasteiger partial charge in [-0.25, -0.2) is 0 Å². The summed E-state index contributed by atoms with van der Waals surface area (Å²) in [5.41, 5.74) is 0. The number of nitrogens with one attached hydrogen (secondary N) is 1. The second-order valence-corrected chi connectivity index (χ2v) is 5.93. The van der Waals surface area contributed by atoms with Crippen molar-refractivity contribution in [1.29, 1.82) is 0 Å². The van der Waals surface area contributed by atoms with Crippen molar-refractivity contribution in [1.82, 2.24) is 10.2 Å². The Bertz CT molecular complexity index is 180. The van der Waals surface area contributed by atoms with E-state index in [2.05, 4.69) is 38.2 Å². The third-order valence-corrected chi connectivity index (χ3v) is 4.06. The molecule has 2 heteroatoms. The number of hydrogen-bond acceptors (Lipinski definition) is 2. The highest BCUT2D eigenvalue weighted by Gasteiger charge is 2.23. The second-order valence-electron chi connectivity index (χ2n) is 5.93. The average molecular weight is 226 g/mol. The van der Waals surface area contributed by atoms with Crippen molar-refractivity contribution in [2.75, 3.05) is 27.2 Å². The van der Waals surface area contributed by atoms with Gasteiger partial charge in [0.25, 0.3) is 0 Å². The molecule has 0 saturated heterocycles. The molecule has 96 valence electrons. The predicted molar refractivity (Wildman–Crippen MR) is 71.8 cm³/mol. The van der Waals surface area contributed by atoms with Gasteiger partial charge in [-0.2, -0.15) is 0 Å². The molecule has 0 spiro atoms. The normalized spacial score (nSPS) is 30.9. The Morgan fingerprint density at radius 2 is 1.81 bits per heavy atom. The van der Waals surface area contributed by atoms with Gasteiger partial charge in [0, 0.05) is 6.04 Å². The molecule has 0 bridgehead atoms. The van der Waals surface area contributed by atoms with E-state index >= 15 is 0 Å². The first kappa shape index (κ1) is 14.0. The van der Waals surface area contributed by atoms with Crippen LogP contribution in [0.1, 0.15) is 46.0 Å². The molecule has 0 radical (unpaired) electrons. The molecule has 3 unspecified atom stereocenters. The van der Waals surface area contributed by atoms with Gasteiger partial charge >= 0.3 is 0 Å². The van der Waals surface area contributed by atoms with E-state index in [1.54, 1.807) is 0 Å². The van der Waals surface area contributed by atoms with Gasteiger partial charge in [-0.1, -0.05) is 13.8 Å². The molecule has 0 amide bonds. The lowest BCUT2D eigenvalue weighted by Crippen LogP contribution is -2.36. The summed E-state index contributed by atoms with van der Waals surface area (Å²) in [6, 6.07) is 0.797.